The predicted molar refractivity (Wildman–Crippen MR) is 239 cm³/mol. The molecule has 1 aliphatic carbocycles. The first kappa shape index (κ1) is 34.1. The first-order chi connectivity index (χ1) is 27.2. The standard InChI is InChI=1S/C54H46N2/c1-53(2)32-33-54(3,4)50-35-43(29-31-49(50)53)56-51-23-11-10-21-47(51)48-30-28-44(36-52(48)56)55(41-26-24-38(25-27-41)37-14-6-5-7-15-37)42-19-12-18-40(34-42)46-22-13-17-39-16-8-9-20-45(39)46/h5-31,34-36H,32-33H2,1-4H3. The molecule has 0 unspecified atom stereocenters. The Labute approximate surface area is 330 Å². The van der Waals surface area contributed by atoms with Crippen LogP contribution in [-0.2, 0) is 10.8 Å². The molecule has 0 bridgehead atoms. The van der Waals surface area contributed by atoms with E-state index in [-0.39, 0.29) is 10.8 Å². The first-order valence-electron chi connectivity index (χ1n) is 20.0. The molecule has 0 saturated carbocycles. The molecule has 9 aromatic rings. The zero-order valence-corrected chi connectivity index (χ0v) is 32.6. The lowest BCUT2D eigenvalue weighted by Crippen LogP contribution is -2.33. The molecule has 2 nitrogen and oxygen atoms in total. The van der Waals surface area contributed by atoms with Gasteiger partial charge >= 0.3 is 0 Å². The van der Waals surface area contributed by atoms with Crippen molar-refractivity contribution in [1.29, 1.82) is 0 Å². The third kappa shape index (κ3) is 5.71. The van der Waals surface area contributed by atoms with Gasteiger partial charge in [-0.15, -0.1) is 0 Å². The smallest absolute Gasteiger partial charge is 0.0561 e. The maximum atomic E-state index is 2.50. The molecule has 8 aromatic carbocycles. The highest BCUT2D eigenvalue weighted by atomic mass is 15.1. The maximum absolute atomic E-state index is 2.50. The molecule has 0 amide bonds. The number of benzene rings is 8. The Morgan fingerprint density at radius 3 is 1.84 bits per heavy atom. The van der Waals surface area contributed by atoms with Crippen LogP contribution < -0.4 is 4.90 Å². The summed E-state index contributed by atoms with van der Waals surface area (Å²) >= 11 is 0. The van der Waals surface area contributed by atoms with Gasteiger partial charge in [-0.3, -0.25) is 0 Å². The van der Waals surface area contributed by atoms with Crippen LogP contribution in [-0.4, -0.2) is 4.57 Å². The van der Waals surface area contributed by atoms with Crippen LogP contribution in [0.15, 0.2) is 182 Å². The van der Waals surface area contributed by atoms with Crippen LogP contribution in [0.2, 0.25) is 0 Å². The third-order valence-corrected chi connectivity index (χ3v) is 12.4. The number of nitrogens with zero attached hydrogens (tertiary/aromatic N) is 2. The van der Waals surface area contributed by atoms with Crippen molar-refractivity contribution in [2.45, 2.75) is 51.4 Å². The second-order valence-electron chi connectivity index (χ2n) is 16.9. The van der Waals surface area contributed by atoms with E-state index in [9.17, 15) is 0 Å². The average molecular weight is 723 g/mol. The molecule has 0 atom stereocenters. The number of para-hydroxylation sites is 1. The topological polar surface area (TPSA) is 8.17 Å². The van der Waals surface area contributed by atoms with Crippen molar-refractivity contribution in [2.75, 3.05) is 4.90 Å². The molecule has 0 radical (unpaired) electrons. The van der Waals surface area contributed by atoms with E-state index in [1.165, 1.54) is 84.5 Å². The Hall–Kier alpha value is -6.38. The minimum absolute atomic E-state index is 0.114. The van der Waals surface area contributed by atoms with Crippen molar-refractivity contribution in [1.82, 2.24) is 4.57 Å². The lowest BCUT2D eigenvalue weighted by Gasteiger charge is -2.42. The molecule has 56 heavy (non-hydrogen) atoms. The zero-order valence-electron chi connectivity index (χ0n) is 32.6. The predicted octanol–water partition coefficient (Wildman–Crippen LogP) is 15.1. The number of anilines is 3. The minimum atomic E-state index is 0.114. The SMILES string of the molecule is CC1(C)CCC(C)(C)c2cc(-n3c4ccccc4c4ccc(N(c5ccc(-c6ccccc6)cc5)c5cccc(-c6cccc7ccccc67)c5)cc43)ccc21. The second-order valence-corrected chi connectivity index (χ2v) is 16.9. The Balaban J connectivity index is 1.18. The number of hydrogen-bond donors (Lipinski definition) is 0. The Morgan fingerprint density at radius 2 is 1.02 bits per heavy atom. The van der Waals surface area contributed by atoms with E-state index in [0.717, 1.165) is 17.1 Å². The van der Waals surface area contributed by atoms with Crippen molar-refractivity contribution in [3.05, 3.63) is 193 Å². The van der Waals surface area contributed by atoms with E-state index >= 15 is 0 Å². The summed E-state index contributed by atoms with van der Waals surface area (Å²) in [6, 6.07) is 67.1. The summed E-state index contributed by atoms with van der Waals surface area (Å²) in [5.74, 6) is 0. The van der Waals surface area contributed by atoms with Gasteiger partial charge in [-0.05, 0) is 122 Å². The van der Waals surface area contributed by atoms with Crippen molar-refractivity contribution < 1.29 is 0 Å². The highest BCUT2D eigenvalue weighted by Gasteiger charge is 2.37. The quantitative estimate of drug-likeness (QED) is 0.166. The third-order valence-electron chi connectivity index (χ3n) is 12.4. The van der Waals surface area contributed by atoms with Crippen LogP contribution in [0.5, 0.6) is 0 Å². The van der Waals surface area contributed by atoms with Crippen molar-refractivity contribution >= 4 is 49.6 Å². The Bertz CT molecular complexity index is 2900. The van der Waals surface area contributed by atoms with E-state index in [1.54, 1.807) is 0 Å². The van der Waals surface area contributed by atoms with Gasteiger partial charge in [0, 0.05) is 33.5 Å². The van der Waals surface area contributed by atoms with Crippen LogP contribution >= 0.6 is 0 Å². The van der Waals surface area contributed by atoms with Crippen LogP contribution in [0.3, 0.4) is 0 Å². The summed E-state index contributed by atoms with van der Waals surface area (Å²) in [5, 5.41) is 5.03. The van der Waals surface area contributed by atoms with Gasteiger partial charge in [0.2, 0.25) is 0 Å². The van der Waals surface area contributed by atoms with E-state index in [1.807, 2.05) is 0 Å². The molecule has 272 valence electrons. The van der Waals surface area contributed by atoms with Gasteiger partial charge in [0.05, 0.1) is 11.0 Å². The zero-order chi connectivity index (χ0) is 38.0. The van der Waals surface area contributed by atoms with Crippen molar-refractivity contribution in [3.63, 3.8) is 0 Å². The van der Waals surface area contributed by atoms with E-state index in [0.29, 0.717) is 0 Å². The second kappa shape index (κ2) is 13.1. The average Bonchev–Trinajstić information content (AvgIpc) is 3.57. The molecular weight excluding hydrogens is 677 g/mol. The molecular formula is C54H46N2. The summed E-state index contributed by atoms with van der Waals surface area (Å²) in [6.45, 7) is 9.65. The summed E-state index contributed by atoms with van der Waals surface area (Å²) in [4.78, 5) is 2.42. The fourth-order valence-corrected chi connectivity index (χ4v) is 9.26. The minimum Gasteiger partial charge on any atom is -0.310 e. The largest absolute Gasteiger partial charge is 0.310 e. The van der Waals surface area contributed by atoms with Crippen LogP contribution in [0.4, 0.5) is 17.1 Å². The summed E-state index contributed by atoms with van der Waals surface area (Å²) in [7, 11) is 0. The van der Waals surface area contributed by atoms with E-state index < -0.39 is 0 Å². The van der Waals surface area contributed by atoms with Gasteiger partial charge in [-0.25, -0.2) is 0 Å². The van der Waals surface area contributed by atoms with Gasteiger partial charge in [0.1, 0.15) is 0 Å². The normalized spacial score (nSPS) is 14.6. The van der Waals surface area contributed by atoms with Gasteiger partial charge in [-0.2, -0.15) is 0 Å². The maximum Gasteiger partial charge on any atom is 0.0561 e. The molecule has 0 fully saturated rings. The fourth-order valence-electron chi connectivity index (χ4n) is 9.26. The molecule has 0 saturated heterocycles. The monoisotopic (exact) mass is 722 g/mol. The Kier molecular flexibility index (Phi) is 8.01. The lowest BCUT2D eigenvalue weighted by molar-refractivity contribution is 0.332. The van der Waals surface area contributed by atoms with Gasteiger partial charge in [0.25, 0.3) is 0 Å². The molecule has 1 aliphatic rings. The number of hydrogen-bond acceptors (Lipinski definition) is 1. The summed E-state index contributed by atoms with van der Waals surface area (Å²) < 4.78 is 2.50. The summed E-state index contributed by atoms with van der Waals surface area (Å²) in [6.07, 6.45) is 2.39. The van der Waals surface area contributed by atoms with Gasteiger partial charge < -0.3 is 9.47 Å². The molecule has 0 aliphatic heterocycles. The molecule has 0 spiro atoms. The molecule has 1 aromatic heterocycles. The fraction of sp³-hybridized carbons (Fsp3) is 0.148. The van der Waals surface area contributed by atoms with E-state index in [4.69, 9.17) is 0 Å². The highest BCUT2D eigenvalue weighted by molar-refractivity contribution is 6.10. The van der Waals surface area contributed by atoms with Crippen molar-refractivity contribution in [2.24, 2.45) is 0 Å². The molecule has 10 rings (SSSR count). The van der Waals surface area contributed by atoms with Gasteiger partial charge in [-0.1, -0.05) is 155 Å². The van der Waals surface area contributed by atoms with Crippen LogP contribution in [0.25, 0.3) is 60.5 Å². The van der Waals surface area contributed by atoms with Crippen LogP contribution in [0.1, 0.15) is 51.7 Å². The number of rotatable bonds is 6. The number of aromatic nitrogens is 1. The first-order valence-corrected chi connectivity index (χ1v) is 20.0. The molecule has 2 heteroatoms. The Morgan fingerprint density at radius 1 is 0.411 bits per heavy atom. The van der Waals surface area contributed by atoms with Crippen LogP contribution in [0, 0.1) is 0 Å². The van der Waals surface area contributed by atoms with E-state index in [2.05, 4.69) is 219 Å². The van der Waals surface area contributed by atoms with Crippen molar-refractivity contribution in [3.8, 4) is 27.9 Å². The number of fused-ring (bicyclic) bond motifs is 5. The highest BCUT2D eigenvalue weighted by Crippen LogP contribution is 2.47. The lowest BCUT2D eigenvalue weighted by atomic mass is 9.63. The summed E-state index contributed by atoms with van der Waals surface area (Å²) in [5.41, 5.74) is 15.1. The molecule has 0 N–H and O–H groups in total. The van der Waals surface area contributed by atoms with Gasteiger partial charge in [0.15, 0.2) is 0 Å². The molecule has 1 heterocycles.